The minimum Gasteiger partial charge on any atom is -0.486 e. The van der Waals surface area contributed by atoms with Crippen LogP contribution in [0, 0.1) is 13.8 Å². The van der Waals surface area contributed by atoms with E-state index in [1.54, 1.807) is 0 Å². The number of Topliss-reactive ketones (excluding diaryl/α,β-unsaturated/α-hetero) is 1. The van der Waals surface area contributed by atoms with Crippen molar-refractivity contribution >= 4 is 17.7 Å². The number of carbonyl (C=O) groups excluding carboxylic acids is 2. The average molecular weight is 555 g/mol. The van der Waals surface area contributed by atoms with Crippen molar-refractivity contribution in [3.05, 3.63) is 47.3 Å². The Morgan fingerprint density at radius 1 is 1.10 bits per heavy atom. The van der Waals surface area contributed by atoms with Crippen LogP contribution in [0.5, 0.6) is 11.5 Å². The Labute approximate surface area is 224 Å². The van der Waals surface area contributed by atoms with Crippen molar-refractivity contribution in [2.45, 2.75) is 45.6 Å². The molecule has 2 atom stereocenters. The van der Waals surface area contributed by atoms with E-state index < -0.39 is 12.1 Å². The second-order valence-electron chi connectivity index (χ2n) is 9.51. The average Bonchev–Trinajstić information content (AvgIpc) is 3.17. The molecule has 2 aromatic rings. The molecule has 3 heterocycles. The van der Waals surface area contributed by atoms with Crippen molar-refractivity contribution < 1.29 is 42.1 Å². The second-order valence-corrected chi connectivity index (χ2v) is 9.51. The molecule has 214 valence electrons. The lowest BCUT2D eigenvalue weighted by Crippen LogP contribution is -2.53. The summed E-state index contributed by atoms with van der Waals surface area (Å²) in [6.45, 7) is 10.3. The number of amides is 1. The number of halogens is 3. The van der Waals surface area contributed by atoms with Crippen molar-refractivity contribution in [3.63, 3.8) is 0 Å². The summed E-state index contributed by atoms with van der Waals surface area (Å²) in [4.78, 5) is 37.6. The molecular formula is C26H33F3N4O6. The number of fused-ring (bicyclic) bond motifs is 1. The van der Waals surface area contributed by atoms with Gasteiger partial charge in [0.15, 0.2) is 23.4 Å². The highest BCUT2D eigenvalue weighted by Gasteiger charge is 2.38. The zero-order valence-corrected chi connectivity index (χ0v) is 22.0. The van der Waals surface area contributed by atoms with Crippen molar-refractivity contribution in [2.75, 3.05) is 39.3 Å². The lowest BCUT2D eigenvalue weighted by Gasteiger charge is -2.36. The molecule has 10 nitrogen and oxygen atoms in total. The minimum absolute atomic E-state index is 0.113. The molecule has 3 N–H and O–H groups in total. The Bertz CT molecular complexity index is 1190. The molecule has 0 bridgehead atoms. The number of rotatable bonds is 7. The zero-order chi connectivity index (χ0) is 28.9. The topological polar surface area (TPSA) is 127 Å². The molecule has 2 unspecified atom stereocenters. The standard InChI is InChI=1S/C24H32N4O4.C2HF3O2/c1-16-12-20(21(29)14-26-8-10-27(11-9-26)18(3)24(25)30)17(2)28(16)13-19-15-31-22-6-4-5-7-23(22)32-19;3-2(4,5)1(6)7/h4-7,12,18-19H,8-11,13-15H2,1-3H3,(H2,25,30);(H,6,7). The molecule has 0 saturated carbocycles. The number of primary amides is 1. The number of hydrogen-bond acceptors (Lipinski definition) is 7. The number of ether oxygens (including phenoxy) is 2. The number of aliphatic carboxylic acids is 1. The predicted molar refractivity (Wildman–Crippen MR) is 135 cm³/mol. The minimum atomic E-state index is -5.08. The third kappa shape index (κ3) is 7.73. The molecule has 1 fully saturated rings. The molecular weight excluding hydrogens is 521 g/mol. The van der Waals surface area contributed by atoms with Gasteiger partial charge in [-0.2, -0.15) is 13.2 Å². The molecule has 1 aromatic carbocycles. The molecule has 0 spiro atoms. The summed E-state index contributed by atoms with van der Waals surface area (Å²) in [6.07, 6.45) is -5.20. The number of para-hydroxylation sites is 2. The number of carboxylic acids is 1. The highest BCUT2D eigenvalue weighted by atomic mass is 19.4. The van der Waals surface area contributed by atoms with Gasteiger partial charge in [0.05, 0.1) is 19.1 Å². The molecule has 2 aliphatic heterocycles. The maximum Gasteiger partial charge on any atom is 0.490 e. The van der Waals surface area contributed by atoms with Gasteiger partial charge in [0, 0.05) is 43.1 Å². The van der Waals surface area contributed by atoms with Gasteiger partial charge in [-0.05, 0) is 39.0 Å². The van der Waals surface area contributed by atoms with E-state index in [-0.39, 0.29) is 23.8 Å². The van der Waals surface area contributed by atoms with Gasteiger partial charge in [-0.25, -0.2) is 4.79 Å². The van der Waals surface area contributed by atoms with E-state index in [1.807, 2.05) is 51.1 Å². The number of nitrogens with zero attached hydrogens (tertiary/aromatic N) is 3. The van der Waals surface area contributed by atoms with Gasteiger partial charge in [-0.15, -0.1) is 0 Å². The van der Waals surface area contributed by atoms with Gasteiger partial charge in [0.2, 0.25) is 5.91 Å². The molecule has 2 aliphatic rings. The molecule has 0 aliphatic carbocycles. The number of ketones is 1. The van der Waals surface area contributed by atoms with Crippen LogP contribution < -0.4 is 15.2 Å². The first-order valence-electron chi connectivity index (χ1n) is 12.4. The summed E-state index contributed by atoms with van der Waals surface area (Å²) < 4.78 is 45.8. The fourth-order valence-corrected chi connectivity index (χ4v) is 4.50. The molecule has 1 aromatic heterocycles. The van der Waals surface area contributed by atoms with E-state index in [1.165, 1.54) is 0 Å². The van der Waals surface area contributed by atoms with Gasteiger partial charge in [-0.3, -0.25) is 19.4 Å². The Morgan fingerprint density at radius 3 is 2.26 bits per heavy atom. The van der Waals surface area contributed by atoms with Crippen molar-refractivity contribution in [3.8, 4) is 11.5 Å². The number of nitrogens with two attached hydrogens (primary N) is 1. The van der Waals surface area contributed by atoms with E-state index in [4.69, 9.17) is 25.1 Å². The fraction of sp³-hybridized carbons (Fsp3) is 0.500. The van der Waals surface area contributed by atoms with Gasteiger partial charge < -0.3 is 24.9 Å². The number of aryl methyl sites for hydroxylation is 1. The van der Waals surface area contributed by atoms with Gasteiger partial charge in [0.1, 0.15) is 6.61 Å². The number of carbonyl (C=O) groups is 3. The van der Waals surface area contributed by atoms with Crippen LogP contribution in [0.15, 0.2) is 30.3 Å². The number of aromatic nitrogens is 1. The summed E-state index contributed by atoms with van der Waals surface area (Å²) in [5.74, 6) is -1.42. The molecule has 4 rings (SSSR count). The van der Waals surface area contributed by atoms with E-state index in [2.05, 4.69) is 14.4 Å². The van der Waals surface area contributed by atoms with Crippen LogP contribution in [-0.4, -0.2) is 94.8 Å². The van der Waals surface area contributed by atoms with Gasteiger partial charge in [0.25, 0.3) is 0 Å². The summed E-state index contributed by atoms with van der Waals surface area (Å²) in [5, 5.41) is 7.12. The second kappa shape index (κ2) is 12.5. The monoisotopic (exact) mass is 554 g/mol. The Hall–Kier alpha value is -3.58. The first-order valence-corrected chi connectivity index (χ1v) is 12.4. The third-order valence-corrected chi connectivity index (χ3v) is 6.80. The smallest absolute Gasteiger partial charge is 0.486 e. The fourth-order valence-electron chi connectivity index (χ4n) is 4.50. The molecule has 39 heavy (non-hydrogen) atoms. The van der Waals surface area contributed by atoms with Crippen LogP contribution in [0.25, 0.3) is 0 Å². The highest BCUT2D eigenvalue weighted by molar-refractivity contribution is 5.99. The summed E-state index contributed by atoms with van der Waals surface area (Å²) >= 11 is 0. The van der Waals surface area contributed by atoms with Crippen LogP contribution in [0.4, 0.5) is 13.2 Å². The molecule has 0 radical (unpaired) electrons. The van der Waals surface area contributed by atoms with E-state index in [0.717, 1.165) is 54.6 Å². The Kier molecular flexibility index (Phi) is 9.62. The first kappa shape index (κ1) is 30.0. The van der Waals surface area contributed by atoms with Crippen molar-refractivity contribution in [1.82, 2.24) is 14.4 Å². The van der Waals surface area contributed by atoms with E-state index in [9.17, 15) is 22.8 Å². The van der Waals surface area contributed by atoms with Crippen LogP contribution >= 0.6 is 0 Å². The largest absolute Gasteiger partial charge is 0.490 e. The first-order chi connectivity index (χ1) is 18.3. The summed E-state index contributed by atoms with van der Waals surface area (Å²) in [5.41, 5.74) is 8.16. The molecule has 1 amide bonds. The third-order valence-electron chi connectivity index (χ3n) is 6.80. The van der Waals surface area contributed by atoms with E-state index >= 15 is 0 Å². The number of hydrogen-bond donors (Lipinski definition) is 2. The highest BCUT2D eigenvalue weighted by Crippen LogP contribution is 2.31. The maximum absolute atomic E-state index is 13.1. The van der Waals surface area contributed by atoms with Crippen molar-refractivity contribution in [1.29, 1.82) is 0 Å². The van der Waals surface area contributed by atoms with Gasteiger partial charge >= 0.3 is 12.1 Å². The van der Waals surface area contributed by atoms with E-state index in [0.29, 0.717) is 19.7 Å². The van der Waals surface area contributed by atoms with Crippen molar-refractivity contribution in [2.24, 2.45) is 5.73 Å². The summed E-state index contributed by atoms with van der Waals surface area (Å²) in [6, 6.07) is 9.38. The zero-order valence-electron chi connectivity index (χ0n) is 22.0. The normalized spacial score (nSPS) is 18.6. The lowest BCUT2D eigenvalue weighted by atomic mass is 10.1. The molecule has 1 saturated heterocycles. The number of carboxylic acid groups (broad SMARTS) is 1. The number of alkyl halides is 3. The SMILES string of the molecule is Cc1cc(C(=O)CN2CCN(C(C)C(N)=O)CC2)c(C)n1CC1COc2ccccc2O1.O=C(O)C(F)(F)F. The Balaban J connectivity index is 0.000000532. The molecule has 13 heteroatoms. The van der Waals surface area contributed by atoms with Crippen LogP contribution in [0.3, 0.4) is 0 Å². The predicted octanol–water partition coefficient (Wildman–Crippen LogP) is 2.25. The Morgan fingerprint density at radius 2 is 1.69 bits per heavy atom. The van der Waals surface area contributed by atoms with Crippen LogP contribution in [0.1, 0.15) is 28.7 Å². The van der Waals surface area contributed by atoms with Crippen LogP contribution in [-0.2, 0) is 16.1 Å². The number of benzene rings is 1. The maximum atomic E-state index is 13.1. The lowest BCUT2D eigenvalue weighted by molar-refractivity contribution is -0.192. The summed E-state index contributed by atoms with van der Waals surface area (Å²) in [7, 11) is 0. The van der Waals surface area contributed by atoms with Gasteiger partial charge in [-0.1, -0.05) is 12.1 Å². The number of piperazine rings is 1. The van der Waals surface area contributed by atoms with Crippen LogP contribution in [0.2, 0.25) is 0 Å². The quantitative estimate of drug-likeness (QED) is 0.499.